The van der Waals surface area contributed by atoms with Crippen molar-refractivity contribution in [2.45, 2.75) is 25.3 Å². The SMILES string of the molecule is NC1CCc2cnsc2C1. The van der Waals surface area contributed by atoms with Crippen LogP contribution in [0.3, 0.4) is 0 Å². The van der Waals surface area contributed by atoms with Crippen molar-refractivity contribution in [1.82, 2.24) is 4.37 Å². The van der Waals surface area contributed by atoms with E-state index < -0.39 is 0 Å². The molecule has 2 nitrogen and oxygen atoms in total. The molecule has 0 bridgehead atoms. The molecule has 1 aromatic rings. The van der Waals surface area contributed by atoms with Gasteiger partial charge < -0.3 is 5.73 Å². The second kappa shape index (κ2) is 2.32. The standard InChI is InChI=1S/C7H10N2S/c8-6-2-1-5-4-9-10-7(5)3-6/h4,6H,1-3,8H2. The molecule has 0 aliphatic heterocycles. The third kappa shape index (κ3) is 0.954. The van der Waals surface area contributed by atoms with E-state index in [1.165, 1.54) is 10.4 Å². The quantitative estimate of drug-likeness (QED) is 0.604. The zero-order valence-corrected chi connectivity index (χ0v) is 6.53. The number of aryl methyl sites for hydroxylation is 1. The lowest BCUT2D eigenvalue weighted by molar-refractivity contribution is 0.584. The first-order chi connectivity index (χ1) is 4.86. The Morgan fingerprint density at radius 2 is 2.60 bits per heavy atom. The summed E-state index contributed by atoms with van der Waals surface area (Å²) in [6, 6.07) is 0.382. The van der Waals surface area contributed by atoms with Crippen LogP contribution in [-0.4, -0.2) is 10.4 Å². The maximum Gasteiger partial charge on any atom is 0.0441 e. The molecule has 1 unspecified atom stereocenters. The number of hydrogen-bond donors (Lipinski definition) is 1. The average Bonchev–Trinajstić information content (AvgIpc) is 2.33. The van der Waals surface area contributed by atoms with Crippen LogP contribution in [0.4, 0.5) is 0 Å². The van der Waals surface area contributed by atoms with Gasteiger partial charge in [0.1, 0.15) is 0 Å². The van der Waals surface area contributed by atoms with Crippen molar-refractivity contribution in [3.05, 3.63) is 16.6 Å². The molecule has 0 saturated carbocycles. The smallest absolute Gasteiger partial charge is 0.0441 e. The molecule has 0 aromatic carbocycles. The van der Waals surface area contributed by atoms with Crippen LogP contribution in [0, 0.1) is 0 Å². The zero-order chi connectivity index (χ0) is 6.97. The van der Waals surface area contributed by atoms with E-state index in [0.29, 0.717) is 6.04 Å². The summed E-state index contributed by atoms with van der Waals surface area (Å²) >= 11 is 1.60. The molecule has 0 fully saturated rings. The van der Waals surface area contributed by atoms with Gasteiger partial charge in [0.15, 0.2) is 0 Å². The van der Waals surface area contributed by atoms with Crippen molar-refractivity contribution in [1.29, 1.82) is 0 Å². The van der Waals surface area contributed by atoms with Gasteiger partial charge in [-0.1, -0.05) is 0 Å². The minimum absolute atomic E-state index is 0.382. The molecule has 0 spiro atoms. The first-order valence-corrected chi connectivity index (χ1v) is 4.31. The molecule has 0 saturated heterocycles. The molecule has 0 amide bonds. The highest BCUT2D eigenvalue weighted by Crippen LogP contribution is 2.22. The van der Waals surface area contributed by atoms with Crippen LogP contribution in [0.2, 0.25) is 0 Å². The molecule has 1 heterocycles. The summed E-state index contributed by atoms with van der Waals surface area (Å²) in [5.74, 6) is 0. The topological polar surface area (TPSA) is 38.9 Å². The van der Waals surface area contributed by atoms with Crippen LogP contribution >= 0.6 is 11.5 Å². The van der Waals surface area contributed by atoms with Crippen molar-refractivity contribution < 1.29 is 0 Å². The van der Waals surface area contributed by atoms with Crippen molar-refractivity contribution >= 4 is 11.5 Å². The van der Waals surface area contributed by atoms with Crippen LogP contribution in [0.25, 0.3) is 0 Å². The van der Waals surface area contributed by atoms with Crippen molar-refractivity contribution in [2.75, 3.05) is 0 Å². The van der Waals surface area contributed by atoms with Crippen molar-refractivity contribution in [3.63, 3.8) is 0 Å². The van der Waals surface area contributed by atoms with E-state index in [-0.39, 0.29) is 0 Å². The van der Waals surface area contributed by atoms with Gasteiger partial charge in [0.2, 0.25) is 0 Å². The average molecular weight is 154 g/mol. The Labute approximate surface area is 64.2 Å². The van der Waals surface area contributed by atoms with E-state index >= 15 is 0 Å². The Balaban J connectivity index is 2.30. The van der Waals surface area contributed by atoms with E-state index in [0.717, 1.165) is 19.3 Å². The maximum absolute atomic E-state index is 5.79. The van der Waals surface area contributed by atoms with E-state index in [4.69, 9.17) is 5.73 Å². The highest BCUT2D eigenvalue weighted by Gasteiger charge is 2.16. The van der Waals surface area contributed by atoms with Gasteiger partial charge in [0, 0.05) is 17.1 Å². The first-order valence-electron chi connectivity index (χ1n) is 3.54. The second-order valence-electron chi connectivity index (χ2n) is 2.78. The van der Waals surface area contributed by atoms with E-state index in [2.05, 4.69) is 4.37 Å². The van der Waals surface area contributed by atoms with Crippen LogP contribution in [0.5, 0.6) is 0 Å². The molecular formula is C7H10N2S. The number of nitrogens with zero attached hydrogens (tertiary/aromatic N) is 1. The van der Waals surface area contributed by atoms with Gasteiger partial charge in [-0.15, -0.1) is 0 Å². The Hall–Kier alpha value is -0.410. The number of hydrogen-bond acceptors (Lipinski definition) is 3. The largest absolute Gasteiger partial charge is 0.327 e. The molecule has 1 aliphatic rings. The summed E-state index contributed by atoms with van der Waals surface area (Å²) in [7, 11) is 0. The molecule has 3 heteroatoms. The molecular weight excluding hydrogens is 144 g/mol. The van der Waals surface area contributed by atoms with E-state index in [9.17, 15) is 0 Å². The van der Waals surface area contributed by atoms with Gasteiger partial charge >= 0.3 is 0 Å². The normalized spacial score (nSPS) is 24.3. The highest BCUT2D eigenvalue weighted by molar-refractivity contribution is 7.05. The Morgan fingerprint density at radius 3 is 3.50 bits per heavy atom. The monoisotopic (exact) mass is 154 g/mol. The fourth-order valence-electron chi connectivity index (χ4n) is 1.34. The van der Waals surface area contributed by atoms with E-state index in [1.54, 1.807) is 11.5 Å². The zero-order valence-electron chi connectivity index (χ0n) is 5.71. The fraction of sp³-hybridized carbons (Fsp3) is 0.571. The van der Waals surface area contributed by atoms with Crippen molar-refractivity contribution in [2.24, 2.45) is 5.73 Å². The summed E-state index contributed by atoms with van der Waals surface area (Å²) < 4.78 is 4.12. The predicted octanol–water partition coefficient (Wildman–Crippen LogP) is 0.959. The van der Waals surface area contributed by atoms with Gasteiger partial charge in [-0.3, -0.25) is 0 Å². The highest BCUT2D eigenvalue weighted by atomic mass is 32.1. The predicted molar refractivity (Wildman–Crippen MR) is 42.1 cm³/mol. The molecule has 54 valence electrons. The summed E-state index contributed by atoms with van der Waals surface area (Å²) in [5.41, 5.74) is 7.21. The number of aromatic nitrogens is 1. The summed E-state index contributed by atoms with van der Waals surface area (Å²) in [5, 5.41) is 0. The number of fused-ring (bicyclic) bond motifs is 1. The van der Waals surface area contributed by atoms with E-state index in [1.807, 2.05) is 6.20 Å². The summed E-state index contributed by atoms with van der Waals surface area (Å²) in [4.78, 5) is 1.40. The number of rotatable bonds is 0. The lowest BCUT2D eigenvalue weighted by Gasteiger charge is -2.16. The third-order valence-corrected chi connectivity index (χ3v) is 2.82. The Kier molecular flexibility index (Phi) is 1.47. The summed E-state index contributed by atoms with van der Waals surface area (Å²) in [6.07, 6.45) is 5.28. The summed E-state index contributed by atoms with van der Waals surface area (Å²) in [6.45, 7) is 0. The van der Waals surface area contributed by atoms with Crippen LogP contribution in [0.1, 0.15) is 16.9 Å². The van der Waals surface area contributed by atoms with Gasteiger partial charge in [-0.2, -0.15) is 0 Å². The maximum atomic E-state index is 5.79. The Bertz CT molecular complexity index is 231. The molecule has 2 N–H and O–H groups in total. The second-order valence-corrected chi connectivity index (χ2v) is 3.66. The van der Waals surface area contributed by atoms with Gasteiger partial charge in [0.25, 0.3) is 0 Å². The molecule has 1 atom stereocenters. The molecule has 1 aliphatic carbocycles. The lowest BCUT2D eigenvalue weighted by atomic mass is 9.96. The van der Waals surface area contributed by atoms with Gasteiger partial charge in [-0.25, -0.2) is 4.37 Å². The lowest BCUT2D eigenvalue weighted by Crippen LogP contribution is -2.26. The Morgan fingerprint density at radius 1 is 1.70 bits per heavy atom. The molecule has 0 radical (unpaired) electrons. The minimum atomic E-state index is 0.382. The molecule has 1 aromatic heterocycles. The first kappa shape index (κ1) is 6.31. The molecule has 2 rings (SSSR count). The van der Waals surface area contributed by atoms with Crippen LogP contribution in [-0.2, 0) is 12.8 Å². The van der Waals surface area contributed by atoms with Crippen LogP contribution < -0.4 is 5.73 Å². The molecule has 10 heavy (non-hydrogen) atoms. The minimum Gasteiger partial charge on any atom is -0.327 e. The van der Waals surface area contributed by atoms with Gasteiger partial charge in [-0.05, 0) is 36.4 Å². The van der Waals surface area contributed by atoms with Crippen LogP contribution in [0.15, 0.2) is 6.20 Å². The van der Waals surface area contributed by atoms with Gasteiger partial charge in [0.05, 0.1) is 0 Å². The fourth-order valence-corrected chi connectivity index (χ4v) is 2.21. The third-order valence-electron chi connectivity index (χ3n) is 1.96. The number of nitrogens with two attached hydrogens (primary N) is 1. The van der Waals surface area contributed by atoms with Crippen molar-refractivity contribution in [3.8, 4) is 0 Å².